The third kappa shape index (κ3) is 4.02. The van der Waals surface area contributed by atoms with E-state index in [2.05, 4.69) is 17.0 Å². The Kier molecular flexibility index (Phi) is 5.11. The molecule has 1 saturated heterocycles. The smallest absolute Gasteiger partial charge is 0.330 e. The first-order valence-corrected chi connectivity index (χ1v) is 8.21. The van der Waals surface area contributed by atoms with Crippen LogP contribution >= 0.6 is 0 Å². The summed E-state index contributed by atoms with van der Waals surface area (Å²) in [6, 6.07) is 13.2. The quantitative estimate of drug-likeness (QED) is 0.842. The van der Waals surface area contributed by atoms with Gasteiger partial charge in [-0.15, -0.1) is 0 Å². The van der Waals surface area contributed by atoms with Crippen LogP contribution in [0.5, 0.6) is 0 Å². The summed E-state index contributed by atoms with van der Waals surface area (Å²) in [6.07, 6.45) is -4.68. The van der Waals surface area contributed by atoms with Gasteiger partial charge in [0.05, 0.1) is 5.56 Å². The molecule has 134 valence electrons. The molecule has 0 unspecified atom stereocenters. The van der Waals surface area contributed by atoms with Crippen molar-refractivity contribution >= 4 is 0 Å². The molecule has 0 radical (unpaired) electrons. The molecule has 1 aliphatic rings. The molecular weight excluding hydrogens is 332 g/mol. The number of likely N-dealkylation sites (tertiary alicyclic amines) is 1. The van der Waals surface area contributed by atoms with Crippen LogP contribution in [0.4, 0.5) is 17.6 Å². The van der Waals surface area contributed by atoms with Crippen molar-refractivity contribution in [3.8, 4) is 0 Å². The molecule has 3 rings (SSSR count). The molecule has 6 heteroatoms. The molecule has 1 fully saturated rings. The fourth-order valence-corrected chi connectivity index (χ4v) is 3.55. The van der Waals surface area contributed by atoms with Crippen LogP contribution in [0.3, 0.4) is 0 Å². The van der Waals surface area contributed by atoms with Crippen LogP contribution < -0.4 is 5.73 Å². The average molecular weight is 352 g/mol. The van der Waals surface area contributed by atoms with Crippen LogP contribution in [0.2, 0.25) is 0 Å². The topological polar surface area (TPSA) is 29.3 Å². The molecule has 2 aromatic rings. The zero-order valence-electron chi connectivity index (χ0n) is 13.6. The lowest BCUT2D eigenvalue weighted by Gasteiger charge is -2.17. The minimum Gasteiger partial charge on any atom is -0.330 e. The van der Waals surface area contributed by atoms with E-state index in [0.717, 1.165) is 25.2 Å². The van der Waals surface area contributed by atoms with Gasteiger partial charge >= 0.3 is 6.18 Å². The maximum absolute atomic E-state index is 13.4. The first-order valence-electron chi connectivity index (χ1n) is 8.21. The molecule has 1 aliphatic heterocycles. The Hall–Kier alpha value is -1.92. The molecule has 25 heavy (non-hydrogen) atoms. The molecule has 2 atom stereocenters. The molecule has 1 heterocycles. The Morgan fingerprint density at radius 1 is 1.04 bits per heavy atom. The Morgan fingerprint density at radius 3 is 2.40 bits per heavy atom. The number of nitrogens with zero attached hydrogens (tertiary/aromatic N) is 1. The number of benzene rings is 2. The minimum absolute atomic E-state index is 0.255. The lowest BCUT2D eigenvalue weighted by atomic mass is 9.89. The van der Waals surface area contributed by atoms with Gasteiger partial charge in [-0.1, -0.05) is 36.4 Å². The molecule has 2 N–H and O–H groups in total. The van der Waals surface area contributed by atoms with Gasteiger partial charge in [0.2, 0.25) is 0 Å². The first-order chi connectivity index (χ1) is 11.9. The van der Waals surface area contributed by atoms with Gasteiger partial charge in [-0.2, -0.15) is 13.2 Å². The molecule has 0 amide bonds. The maximum Gasteiger partial charge on any atom is 0.419 e. The van der Waals surface area contributed by atoms with Crippen molar-refractivity contribution in [2.75, 3.05) is 19.6 Å². The fourth-order valence-electron chi connectivity index (χ4n) is 3.55. The summed E-state index contributed by atoms with van der Waals surface area (Å²) < 4.78 is 52.0. The van der Waals surface area contributed by atoms with Crippen molar-refractivity contribution in [3.05, 3.63) is 71.0 Å². The van der Waals surface area contributed by atoms with E-state index in [4.69, 9.17) is 5.73 Å². The van der Waals surface area contributed by atoms with Crippen LogP contribution in [0.15, 0.2) is 48.5 Å². The molecule has 0 aliphatic carbocycles. The van der Waals surface area contributed by atoms with Crippen LogP contribution in [-0.4, -0.2) is 24.5 Å². The predicted octanol–water partition coefficient (Wildman–Crippen LogP) is 4.02. The van der Waals surface area contributed by atoms with Crippen molar-refractivity contribution < 1.29 is 17.6 Å². The largest absolute Gasteiger partial charge is 0.419 e. The highest BCUT2D eigenvalue weighted by molar-refractivity contribution is 5.28. The molecule has 0 spiro atoms. The average Bonchev–Trinajstić information content (AvgIpc) is 2.99. The fraction of sp³-hybridized carbons (Fsp3) is 0.368. The van der Waals surface area contributed by atoms with Crippen molar-refractivity contribution in [2.45, 2.75) is 18.6 Å². The number of nitrogens with two attached hydrogens (primary N) is 1. The molecule has 2 aromatic carbocycles. The summed E-state index contributed by atoms with van der Waals surface area (Å²) in [5.74, 6) is -0.724. The molecule has 0 bridgehead atoms. The van der Waals surface area contributed by atoms with Crippen LogP contribution in [0.1, 0.15) is 22.6 Å². The molecule has 0 aromatic heterocycles. The van der Waals surface area contributed by atoms with Gasteiger partial charge < -0.3 is 5.73 Å². The summed E-state index contributed by atoms with van der Waals surface area (Å²) in [4.78, 5) is 2.09. The van der Waals surface area contributed by atoms with Crippen LogP contribution in [-0.2, 0) is 12.7 Å². The van der Waals surface area contributed by atoms with E-state index in [1.807, 2.05) is 18.2 Å². The normalized spacial score (nSPS) is 21.6. The molecule has 2 nitrogen and oxygen atoms in total. The maximum atomic E-state index is 13.4. The van der Waals surface area contributed by atoms with Gasteiger partial charge in [-0.3, -0.25) is 4.90 Å². The first kappa shape index (κ1) is 17.9. The van der Waals surface area contributed by atoms with E-state index >= 15 is 0 Å². The second kappa shape index (κ2) is 7.14. The van der Waals surface area contributed by atoms with E-state index in [-0.39, 0.29) is 11.8 Å². The van der Waals surface area contributed by atoms with Crippen molar-refractivity contribution in [2.24, 2.45) is 11.7 Å². The second-order valence-corrected chi connectivity index (χ2v) is 6.52. The van der Waals surface area contributed by atoms with E-state index in [1.54, 1.807) is 0 Å². The van der Waals surface area contributed by atoms with E-state index in [9.17, 15) is 17.6 Å². The van der Waals surface area contributed by atoms with Gasteiger partial charge in [0.1, 0.15) is 5.82 Å². The molecule has 0 saturated carbocycles. The number of rotatable bonds is 4. The summed E-state index contributed by atoms with van der Waals surface area (Å²) >= 11 is 0. The number of hydrogen-bond acceptors (Lipinski definition) is 2. The summed E-state index contributed by atoms with van der Waals surface area (Å²) in [7, 11) is 0. The third-order valence-electron chi connectivity index (χ3n) is 4.79. The monoisotopic (exact) mass is 352 g/mol. The number of halogens is 4. The van der Waals surface area contributed by atoms with Crippen LogP contribution in [0.25, 0.3) is 0 Å². The third-order valence-corrected chi connectivity index (χ3v) is 4.79. The number of hydrogen-bond donors (Lipinski definition) is 1. The SMILES string of the molecule is NC[C@@H]1CN(Cc2ccc(F)c(C(F)(F)F)c2)C[C@H]1c1ccccc1. The van der Waals surface area contributed by atoms with E-state index in [1.165, 1.54) is 11.6 Å². The highest BCUT2D eigenvalue weighted by Gasteiger charge is 2.35. The summed E-state index contributed by atoms with van der Waals surface area (Å²) in [5, 5.41) is 0. The molecular formula is C19H20F4N2. The van der Waals surface area contributed by atoms with Crippen LogP contribution in [0, 0.1) is 11.7 Å². The van der Waals surface area contributed by atoms with Gasteiger partial charge in [0.25, 0.3) is 0 Å². The number of alkyl halides is 3. The lowest BCUT2D eigenvalue weighted by molar-refractivity contribution is -0.140. The van der Waals surface area contributed by atoms with Gasteiger partial charge in [0.15, 0.2) is 0 Å². The highest BCUT2D eigenvalue weighted by atomic mass is 19.4. The lowest BCUT2D eigenvalue weighted by Crippen LogP contribution is -2.23. The minimum atomic E-state index is -4.68. The van der Waals surface area contributed by atoms with Gasteiger partial charge in [0, 0.05) is 25.6 Å². The van der Waals surface area contributed by atoms with Crippen molar-refractivity contribution in [3.63, 3.8) is 0 Å². The predicted molar refractivity (Wildman–Crippen MR) is 88.4 cm³/mol. The van der Waals surface area contributed by atoms with Crippen molar-refractivity contribution in [1.82, 2.24) is 4.90 Å². The highest BCUT2D eigenvalue weighted by Crippen LogP contribution is 2.35. The standard InChI is InChI=1S/C19H20F4N2/c20-18-7-6-13(8-17(18)19(21,22)23)10-25-11-15(9-24)16(12-25)14-4-2-1-3-5-14/h1-8,15-16H,9-12,24H2/t15-,16+/m1/s1. The summed E-state index contributed by atoms with van der Waals surface area (Å²) in [5.41, 5.74) is 6.33. The van der Waals surface area contributed by atoms with E-state index in [0.29, 0.717) is 18.7 Å². The zero-order chi connectivity index (χ0) is 18.0. The summed E-state index contributed by atoms with van der Waals surface area (Å²) in [6.45, 7) is 2.32. The Balaban J connectivity index is 1.76. The zero-order valence-corrected chi connectivity index (χ0v) is 13.6. The Labute approximate surface area is 144 Å². The van der Waals surface area contributed by atoms with E-state index < -0.39 is 17.6 Å². The van der Waals surface area contributed by atoms with Crippen molar-refractivity contribution in [1.29, 1.82) is 0 Å². The van der Waals surface area contributed by atoms with Gasteiger partial charge in [-0.25, -0.2) is 4.39 Å². The Morgan fingerprint density at radius 2 is 1.76 bits per heavy atom. The Bertz CT molecular complexity index is 715. The van der Waals surface area contributed by atoms with Gasteiger partial charge in [-0.05, 0) is 35.7 Å². The second-order valence-electron chi connectivity index (χ2n) is 6.52.